The Morgan fingerprint density at radius 3 is 2.78 bits per heavy atom. The molecule has 0 spiro atoms. The van der Waals surface area contributed by atoms with Gasteiger partial charge in [-0.05, 0) is 17.3 Å². The fourth-order valence-electron chi connectivity index (χ4n) is 3.40. The lowest BCUT2D eigenvalue weighted by atomic mass is 10.0. The second-order valence-electron chi connectivity index (χ2n) is 7.58. The van der Waals surface area contributed by atoms with E-state index in [0.717, 1.165) is 27.6 Å². The Morgan fingerprint density at radius 1 is 1.35 bits per heavy atom. The highest BCUT2D eigenvalue weighted by Crippen LogP contribution is 2.41. The van der Waals surface area contributed by atoms with Gasteiger partial charge in [-0.3, -0.25) is 20.3 Å². The molecule has 4 heterocycles. The molecular weight excluding hydrogens is 546 g/mol. The van der Waals surface area contributed by atoms with E-state index in [1.54, 1.807) is 5.38 Å². The Kier molecular flexibility index (Phi) is 7.45. The van der Waals surface area contributed by atoms with Crippen molar-refractivity contribution in [2.45, 2.75) is 23.2 Å². The topological polar surface area (TPSA) is 268 Å². The molecule has 0 saturated carbocycles. The number of nitrogens with zero attached hydrogens (tertiary/aromatic N) is 5. The number of carbonyl (C=O) groups is 3. The van der Waals surface area contributed by atoms with Gasteiger partial charge in [0, 0.05) is 16.9 Å². The van der Waals surface area contributed by atoms with Gasteiger partial charge in [0.05, 0.1) is 5.69 Å². The summed E-state index contributed by atoms with van der Waals surface area (Å²) in [5, 5.41) is 17.6. The number of hydrogen-bond acceptors (Lipinski definition) is 15. The first-order valence-electron chi connectivity index (χ1n) is 10.3. The Labute approximate surface area is 221 Å². The van der Waals surface area contributed by atoms with Gasteiger partial charge < -0.3 is 38.2 Å². The molecule has 1 fully saturated rings. The lowest BCUT2D eigenvalue weighted by molar-refractivity contribution is -0.667. The third-order valence-electron chi connectivity index (χ3n) is 5.18. The van der Waals surface area contributed by atoms with E-state index in [0.29, 0.717) is 16.4 Å². The third-order valence-corrected chi connectivity index (χ3v) is 8.28. The van der Waals surface area contributed by atoms with Crippen molar-refractivity contribution in [3.8, 4) is 0 Å². The van der Waals surface area contributed by atoms with Gasteiger partial charge in [-0.1, -0.05) is 10.1 Å². The van der Waals surface area contributed by atoms with Crippen LogP contribution in [0.3, 0.4) is 0 Å². The van der Waals surface area contributed by atoms with Crippen LogP contribution in [0.15, 0.2) is 27.0 Å². The third kappa shape index (κ3) is 5.27. The summed E-state index contributed by atoms with van der Waals surface area (Å²) in [7, 11) is 0. The number of β-lactam (4-membered cyclic amide) rings is 1. The maximum atomic E-state index is 12.8. The predicted molar refractivity (Wildman–Crippen MR) is 138 cm³/mol. The average Bonchev–Trinajstić information content (AvgIpc) is 3.29. The minimum atomic E-state index is -1.28. The van der Waals surface area contributed by atoms with Crippen LogP contribution in [0.5, 0.6) is 0 Å². The van der Waals surface area contributed by atoms with E-state index in [4.69, 9.17) is 33.6 Å². The number of hydrogen-bond donors (Lipinski definition) is 7. The predicted octanol–water partition coefficient (Wildman–Crippen LogP) is -2.10. The summed E-state index contributed by atoms with van der Waals surface area (Å²) in [4.78, 5) is 51.2. The maximum Gasteiger partial charge on any atom is 0.352 e. The van der Waals surface area contributed by atoms with Crippen LogP contribution in [0, 0.1) is 0 Å². The number of anilines is 4. The SMILES string of the molecule is Nc1nc(CO/N=C\C(=O)NC2C(=O)N3C(C(=O)O)=C(CSc4nc(N)c(N)c(N)[n+]4N)CSC23)cs1. The Balaban J connectivity index is 1.38. The fourth-order valence-corrected chi connectivity index (χ4v) is 6.36. The van der Waals surface area contributed by atoms with Crippen molar-refractivity contribution >= 4 is 81.3 Å². The molecule has 2 aliphatic heterocycles. The average molecular weight is 569 g/mol. The summed E-state index contributed by atoms with van der Waals surface area (Å²) in [6.45, 7) is 0.0227. The van der Waals surface area contributed by atoms with Gasteiger partial charge in [0.2, 0.25) is 5.82 Å². The molecule has 0 aliphatic carbocycles. The first kappa shape index (κ1) is 26.1. The molecule has 196 valence electrons. The summed E-state index contributed by atoms with van der Waals surface area (Å²) in [6.07, 6.45) is 0.883. The van der Waals surface area contributed by atoms with Gasteiger partial charge in [0.1, 0.15) is 23.3 Å². The number of carbonyl (C=O) groups excluding carboxylic acids is 2. The lowest BCUT2D eigenvalue weighted by Gasteiger charge is -2.49. The van der Waals surface area contributed by atoms with Crippen LogP contribution in [0.25, 0.3) is 0 Å². The highest BCUT2D eigenvalue weighted by Gasteiger charge is 2.54. The summed E-state index contributed by atoms with van der Waals surface area (Å²) in [5.74, 6) is 3.81. The number of oxime groups is 1. The number of thiazole rings is 1. The van der Waals surface area contributed by atoms with Crippen LogP contribution in [0.4, 0.5) is 22.5 Å². The normalized spacial score (nSPS) is 19.0. The molecule has 2 amide bonds. The zero-order valence-electron chi connectivity index (χ0n) is 18.9. The van der Waals surface area contributed by atoms with Crippen molar-refractivity contribution < 1.29 is 29.0 Å². The van der Waals surface area contributed by atoms with Crippen LogP contribution in [-0.4, -0.2) is 66.9 Å². The number of carboxylic acids is 1. The number of rotatable bonds is 9. The van der Waals surface area contributed by atoms with Crippen LogP contribution < -0.4 is 38.8 Å². The molecule has 2 atom stereocenters. The van der Waals surface area contributed by atoms with Crippen molar-refractivity contribution in [1.29, 1.82) is 0 Å². The Morgan fingerprint density at radius 2 is 2.11 bits per heavy atom. The first-order valence-corrected chi connectivity index (χ1v) is 13.2. The number of aromatic nitrogens is 3. The summed E-state index contributed by atoms with van der Waals surface area (Å²) in [5.41, 5.74) is 23.7. The highest BCUT2D eigenvalue weighted by molar-refractivity contribution is 8.01. The van der Waals surface area contributed by atoms with E-state index in [-0.39, 0.29) is 46.3 Å². The first-order chi connectivity index (χ1) is 17.6. The molecule has 2 unspecified atom stereocenters. The molecule has 12 N–H and O–H groups in total. The van der Waals surface area contributed by atoms with Crippen LogP contribution in [0.1, 0.15) is 5.69 Å². The molecule has 16 nitrogen and oxygen atoms in total. The van der Waals surface area contributed by atoms with E-state index in [1.165, 1.54) is 23.1 Å². The summed E-state index contributed by atoms with van der Waals surface area (Å²) in [6, 6.07) is -0.921. The quantitative estimate of drug-likeness (QED) is 0.0325. The van der Waals surface area contributed by atoms with Crippen molar-refractivity contribution in [3.05, 3.63) is 22.3 Å². The smallest absolute Gasteiger partial charge is 0.352 e. The molecule has 0 aromatic carbocycles. The number of thioether (sulfide) groups is 2. The van der Waals surface area contributed by atoms with Crippen LogP contribution in [-0.2, 0) is 25.8 Å². The number of carboxylic acid groups (broad SMARTS) is 1. The monoisotopic (exact) mass is 568 g/mol. The van der Waals surface area contributed by atoms with E-state index in [2.05, 4.69) is 20.4 Å². The lowest BCUT2D eigenvalue weighted by Crippen LogP contribution is -2.70. The van der Waals surface area contributed by atoms with Crippen molar-refractivity contribution in [2.24, 2.45) is 5.16 Å². The second-order valence-corrected chi connectivity index (χ2v) is 10.5. The Bertz CT molecular complexity index is 1330. The van der Waals surface area contributed by atoms with E-state index in [9.17, 15) is 19.5 Å². The zero-order valence-corrected chi connectivity index (χ0v) is 21.3. The number of amides is 2. The van der Waals surface area contributed by atoms with Crippen molar-refractivity contribution in [1.82, 2.24) is 20.2 Å². The molecule has 1 saturated heterocycles. The fraction of sp³-hybridized carbons (Fsp3) is 0.278. The van der Waals surface area contributed by atoms with E-state index < -0.39 is 29.2 Å². The van der Waals surface area contributed by atoms with Gasteiger partial charge >= 0.3 is 11.1 Å². The summed E-state index contributed by atoms with van der Waals surface area (Å²) >= 11 is 3.64. The molecule has 0 radical (unpaired) electrons. The van der Waals surface area contributed by atoms with Gasteiger partial charge in [0.25, 0.3) is 17.6 Å². The number of nitrogens with one attached hydrogen (secondary N) is 1. The molecule has 2 aromatic rings. The van der Waals surface area contributed by atoms with Gasteiger partial charge in [-0.15, -0.1) is 27.8 Å². The van der Waals surface area contributed by atoms with Crippen LogP contribution in [0.2, 0.25) is 0 Å². The van der Waals surface area contributed by atoms with Crippen molar-refractivity contribution in [2.75, 3.05) is 40.3 Å². The zero-order chi connectivity index (χ0) is 26.9. The second kappa shape index (κ2) is 10.6. The molecule has 0 bridgehead atoms. The van der Waals surface area contributed by atoms with Crippen LogP contribution >= 0.6 is 34.9 Å². The molecule has 2 aliphatic rings. The van der Waals surface area contributed by atoms with E-state index >= 15 is 0 Å². The van der Waals surface area contributed by atoms with Gasteiger partial charge in [0.15, 0.2) is 17.4 Å². The molecule has 19 heteroatoms. The minimum absolute atomic E-state index is 0.00880. The minimum Gasteiger partial charge on any atom is -0.477 e. The largest absolute Gasteiger partial charge is 0.477 e. The number of nitrogen functional groups attached to an aromatic ring is 5. The van der Waals surface area contributed by atoms with E-state index in [1.807, 2.05) is 0 Å². The molecular formula is C18H22N11O5S3+. The Hall–Kier alpha value is -3.97. The van der Waals surface area contributed by atoms with Gasteiger partial charge in [-0.25, -0.2) is 9.78 Å². The highest BCUT2D eigenvalue weighted by atomic mass is 32.2. The number of fused-ring (bicyclic) bond motifs is 1. The number of nitrogens with two attached hydrogens (primary N) is 5. The maximum absolute atomic E-state index is 12.8. The molecule has 2 aromatic heterocycles. The number of aliphatic carboxylic acids is 1. The molecule has 4 rings (SSSR count). The summed E-state index contributed by atoms with van der Waals surface area (Å²) < 4.78 is 1.05. The standard InChI is InChI=1S/C18H21N11O5S3/c19-9-12(20)27-18(29(23)13(9)21)37-4-6-3-35-15-10(14(31)28(15)11(6)16(32)33)26-8(30)1-24-34-2-7-5-36-17(22)25-7/h1,5,10,15H,2-4,23H2,(H9,19,20,21,22,24,25,26,30,32,33)/p+1. The van der Waals surface area contributed by atoms with Gasteiger partial charge in [-0.2, -0.15) is 0 Å². The van der Waals surface area contributed by atoms with Crippen molar-refractivity contribution in [3.63, 3.8) is 0 Å². The molecule has 37 heavy (non-hydrogen) atoms.